The lowest BCUT2D eigenvalue weighted by molar-refractivity contribution is -0.115. The molecule has 1 aromatic heterocycles. The molecule has 3 rings (SSSR count). The van der Waals surface area contributed by atoms with Crippen LogP contribution in [0, 0.1) is 11.8 Å². The van der Waals surface area contributed by atoms with E-state index >= 15 is 0 Å². The van der Waals surface area contributed by atoms with Crippen LogP contribution in [-0.4, -0.2) is 24.0 Å². The van der Waals surface area contributed by atoms with Crippen molar-refractivity contribution in [2.75, 3.05) is 18.4 Å². The number of amides is 1. The highest BCUT2D eigenvalue weighted by Crippen LogP contribution is 2.33. The predicted molar refractivity (Wildman–Crippen MR) is 89.4 cm³/mol. The van der Waals surface area contributed by atoms with Gasteiger partial charge in [0.1, 0.15) is 0 Å². The third-order valence-corrected chi connectivity index (χ3v) is 5.32. The van der Waals surface area contributed by atoms with Gasteiger partial charge in [-0.15, -0.1) is 23.7 Å². The summed E-state index contributed by atoms with van der Waals surface area (Å²) in [6.45, 7) is 3.63. The van der Waals surface area contributed by atoms with Crippen LogP contribution >= 0.6 is 23.7 Å². The highest BCUT2D eigenvalue weighted by Gasteiger charge is 2.22. The summed E-state index contributed by atoms with van der Waals surface area (Å²) in [5, 5.41) is 6.92. The smallest absolute Gasteiger partial charge is 0.240 e. The summed E-state index contributed by atoms with van der Waals surface area (Å²) in [5.41, 5.74) is 1.21. The van der Waals surface area contributed by atoms with Gasteiger partial charge in [-0.05, 0) is 50.5 Å². The van der Waals surface area contributed by atoms with Gasteiger partial charge in [-0.1, -0.05) is 13.3 Å². The number of nitrogens with one attached hydrogen (secondary N) is 2. The number of hydrogen-bond donors (Lipinski definition) is 2. The average molecular weight is 330 g/mol. The number of fused-ring (bicyclic) bond motifs is 1. The Morgan fingerprint density at radius 3 is 2.86 bits per heavy atom. The van der Waals surface area contributed by atoms with Crippen molar-refractivity contribution in [3.8, 4) is 0 Å². The van der Waals surface area contributed by atoms with Gasteiger partial charge in [0.15, 0.2) is 5.13 Å². The van der Waals surface area contributed by atoms with Crippen molar-refractivity contribution in [2.24, 2.45) is 11.8 Å². The predicted octanol–water partition coefficient (Wildman–Crippen LogP) is 3.02. The molecule has 0 spiro atoms. The Bertz CT molecular complexity index is 487. The van der Waals surface area contributed by atoms with E-state index < -0.39 is 0 Å². The minimum atomic E-state index is 0. The number of rotatable bonds is 6. The van der Waals surface area contributed by atoms with Crippen molar-refractivity contribution in [3.05, 3.63) is 10.6 Å². The Balaban J connectivity index is 0.00000161. The second-order valence-electron chi connectivity index (χ2n) is 6.03. The van der Waals surface area contributed by atoms with E-state index in [9.17, 15) is 4.79 Å². The molecule has 118 valence electrons. The number of carbonyl (C=O) groups is 1. The van der Waals surface area contributed by atoms with Gasteiger partial charge in [0.05, 0.1) is 12.2 Å². The monoisotopic (exact) mass is 329 g/mol. The lowest BCUT2D eigenvalue weighted by Crippen LogP contribution is -2.29. The lowest BCUT2D eigenvalue weighted by Gasteiger charge is -2.18. The molecule has 2 N–H and O–H groups in total. The first-order chi connectivity index (χ1) is 9.74. The van der Waals surface area contributed by atoms with Crippen LogP contribution in [0.15, 0.2) is 0 Å². The molecule has 6 heteroatoms. The summed E-state index contributed by atoms with van der Waals surface area (Å²) in [6.07, 6.45) is 7.31. The van der Waals surface area contributed by atoms with Crippen LogP contribution in [0.5, 0.6) is 0 Å². The first kappa shape index (κ1) is 16.7. The summed E-state index contributed by atoms with van der Waals surface area (Å²) >= 11 is 1.66. The molecular formula is C15H24ClN3OS. The summed E-state index contributed by atoms with van der Waals surface area (Å²) < 4.78 is 0. The van der Waals surface area contributed by atoms with E-state index in [0.29, 0.717) is 6.54 Å². The SMILES string of the molecule is CCC1CCc2nc(NC(=O)CNCC3CC3)sc2C1.Cl. The molecule has 1 saturated carbocycles. The van der Waals surface area contributed by atoms with Crippen LogP contribution < -0.4 is 10.6 Å². The lowest BCUT2D eigenvalue weighted by atomic mass is 9.89. The highest BCUT2D eigenvalue weighted by molar-refractivity contribution is 7.15. The first-order valence-corrected chi connectivity index (χ1v) is 8.55. The Labute approximate surface area is 136 Å². The van der Waals surface area contributed by atoms with Gasteiger partial charge in [-0.25, -0.2) is 4.98 Å². The van der Waals surface area contributed by atoms with Gasteiger partial charge in [0.2, 0.25) is 5.91 Å². The molecule has 21 heavy (non-hydrogen) atoms. The van der Waals surface area contributed by atoms with Crippen LogP contribution in [0.1, 0.15) is 43.2 Å². The molecule has 1 amide bonds. The summed E-state index contributed by atoms with van der Waals surface area (Å²) in [5.74, 6) is 1.64. The molecule has 4 nitrogen and oxygen atoms in total. The number of aryl methyl sites for hydroxylation is 1. The van der Waals surface area contributed by atoms with Crippen molar-refractivity contribution >= 4 is 34.8 Å². The maximum Gasteiger partial charge on any atom is 0.240 e. The molecule has 1 atom stereocenters. The summed E-state index contributed by atoms with van der Waals surface area (Å²) in [6, 6.07) is 0. The molecule has 1 aromatic rings. The Morgan fingerprint density at radius 2 is 2.14 bits per heavy atom. The van der Waals surface area contributed by atoms with Crippen LogP contribution in [0.25, 0.3) is 0 Å². The molecule has 0 aliphatic heterocycles. The van der Waals surface area contributed by atoms with Crippen molar-refractivity contribution < 1.29 is 4.79 Å². The zero-order chi connectivity index (χ0) is 13.9. The zero-order valence-corrected chi connectivity index (χ0v) is 14.1. The van der Waals surface area contributed by atoms with E-state index in [1.807, 2.05) is 0 Å². The van der Waals surface area contributed by atoms with E-state index in [0.717, 1.165) is 36.4 Å². The van der Waals surface area contributed by atoms with E-state index in [1.54, 1.807) is 11.3 Å². The normalized spacial score (nSPS) is 20.5. The van der Waals surface area contributed by atoms with Gasteiger partial charge < -0.3 is 10.6 Å². The number of carbonyl (C=O) groups excluding carboxylic acids is 1. The van der Waals surface area contributed by atoms with Gasteiger partial charge >= 0.3 is 0 Å². The van der Waals surface area contributed by atoms with E-state index in [2.05, 4.69) is 22.5 Å². The number of nitrogens with zero attached hydrogens (tertiary/aromatic N) is 1. The van der Waals surface area contributed by atoms with E-state index in [1.165, 1.54) is 36.3 Å². The molecule has 1 unspecified atom stereocenters. The standard InChI is InChI=1S/C15H23N3OS.ClH/c1-2-10-5-6-12-13(7-10)20-15(17-12)18-14(19)9-16-8-11-3-4-11;/h10-11,16H,2-9H2,1H3,(H,17,18,19);1H. The quantitative estimate of drug-likeness (QED) is 0.843. The third kappa shape index (κ3) is 4.66. The highest BCUT2D eigenvalue weighted by atomic mass is 35.5. The van der Waals surface area contributed by atoms with E-state index in [-0.39, 0.29) is 18.3 Å². The van der Waals surface area contributed by atoms with Gasteiger partial charge in [0, 0.05) is 4.88 Å². The van der Waals surface area contributed by atoms with E-state index in [4.69, 9.17) is 0 Å². The topological polar surface area (TPSA) is 54.0 Å². The molecule has 1 heterocycles. The minimum Gasteiger partial charge on any atom is -0.308 e. The molecule has 0 saturated heterocycles. The Morgan fingerprint density at radius 1 is 1.33 bits per heavy atom. The molecule has 0 bridgehead atoms. The average Bonchev–Trinajstić information content (AvgIpc) is 3.17. The van der Waals surface area contributed by atoms with Gasteiger partial charge in [-0.3, -0.25) is 4.79 Å². The summed E-state index contributed by atoms with van der Waals surface area (Å²) in [4.78, 5) is 17.8. The van der Waals surface area contributed by atoms with Crippen molar-refractivity contribution in [1.29, 1.82) is 0 Å². The van der Waals surface area contributed by atoms with Crippen LogP contribution in [0.3, 0.4) is 0 Å². The van der Waals surface area contributed by atoms with Crippen LogP contribution in [-0.2, 0) is 17.6 Å². The molecular weight excluding hydrogens is 306 g/mol. The molecule has 2 aliphatic rings. The fraction of sp³-hybridized carbons (Fsp3) is 0.733. The fourth-order valence-electron chi connectivity index (χ4n) is 2.72. The number of thiazole rings is 1. The van der Waals surface area contributed by atoms with Crippen molar-refractivity contribution in [3.63, 3.8) is 0 Å². The molecule has 0 radical (unpaired) electrons. The number of aromatic nitrogens is 1. The number of anilines is 1. The molecule has 1 fully saturated rings. The molecule has 2 aliphatic carbocycles. The largest absolute Gasteiger partial charge is 0.308 e. The summed E-state index contributed by atoms with van der Waals surface area (Å²) in [7, 11) is 0. The zero-order valence-electron chi connectivity index (χ0n) is 12.5. The third-order valence-electron chi connectivity index (χ3n) is 4.28. The van der Waals surface area contributed by atoms with Gasteiger partial charge in [-0.2, -0.15) is 0 Å². The number of halogens is 1. The van der Waals surface area contributed by atoms with Gasteiger partial charge in [0.25, 0.3) is 0 Å². The Hall–Kier alpha value is -0.650. The van der Waals surface area contributed by atoms with Crippen molar-refractivity contribution in [1.82, 2.24) is 10.3 Å². The fourth-order valence-corrected chi connectivity index (χ4v) is 3.86. The van der Waals surface area contributed by atoms with Crippen molar-refractivity contribution in [2.45, 2.75) is 45.4 Å². The second-order valence-corrected chi connectivity index (χ2v) is 7.11. The minimum absolute atomic E-state index is 0. The first-order valence-electron chi connectivity index (χ1n) is 7.73. The van der Waals surface area contributed by atoms with Crippen LogP contribution in [0.4, 0.5) is 5.13 Å². The maximum atomic E-state index is 11.8. The maximum absolute atomic E-state index is 11.8. The second kappa shape index (κ2) is 7.56. The number of hydrogen-bond acceptors (Lipinski definition) is 4. The molecule has 0 aromatic carbocycles. The Kier molecular flexibility index (Phi) is 6.02. The van der Waals surface area contributed by atoms with Crippen LogP contribution in [0.2, 0.25) is 0 Å².